The number of carbonyl (C=O) groups is 1. The van der Waals surface area contributed by atoms with Gasteiger partial charge in [-0.05, 0) is 42.8 Å². The van der Waals surface area contributed by atoms with Crippen LogP contribution >= 0.6 is 24.0 Å². The van der Waals surface area contributed by atoms with Crippen LogP contribution in [0.3, 0.4) is 0 Å². The third kappa shape index (κ3) is 4.65. The number of hydrogen-bond donors (Lipinski definition) is 0. The number of para-hydroxylation sites is 1. The van der Waals surface area contributed by atoms with Gasteiger partial charge in [0.25, 0.3) is 5.91 Å². The number of benzene rings is 2. The Labute approximate surface area is 162 Å². The molecule has 0 unspecified atom stereocenters. The van der Waals surface area contributed by atoms with Crippen molar-refractivity contribution in [2.75, 3.05) is 19.8 Å². The summed E-state index contributed by atoms with van der Waals surface area (Å²) in [5.41, 5.74) is 0.906. The lowest BCUT2D eigenvalue weighted by molar-refractivity contribution is -0.121. The fourth-order valence-electron chi connectivity index (χ4n) is 2.45. The Morgan fingerprint density at radius 2 is 1.73 bits per heavy atom. The van der Waals surface area contributed by atoms with Crippen LogP contribution in [-0.4, -0.2) is 34.9 Å². The Morgan fingerprint density at radius 1 is 1.04 bits per heavy atom. The minimum Gasteiger partial charge on any atom is -0.490 e. The molecule has 0 spiro atoms. The van der Waals surface area contributed by atoms with E-state index in [2.05, 4.69) is 0 Å². The molecular weight excluding hydrogens is 366 g/mol. The van der Waals surface area contributed by atoms with Crippen LogP contribution in [0.15, 0.2) is 59.5 Å². The Hall–Kier alpha value is -2.31. The van der Waals surface area contributed by atoms with Gasteiger partial charge in [-0.2, -0.15) is 0 Å². The second-order valence-electron chi connectivity index (χ2n) is 5.51. The fraction of sp³-hybridized carbons (Fsp3) is 0.200. The van der Waals surface area contributed by atoms with Gasteiger partial charge in [0.05, 0.1) is 4.91 Å². The SMILES string of the molecule is CCN1C(=O)C(=Cc2cccc(OCCOc3ccccc3)c2)SC1=S. The zero-order valence-corrected chi connectivity index (χ0v) is 16.0. The van der Waals surface area contributed by atoms with Crippen LogP contribution in [0.2, 0.25) is 0 Å². The first-order valence-electron chi connectivity index (χ1n) is 8.33. The Morgan fingerprint density at radius 3 is 2.42 bits per heavy atom. The summed E-state index contributed by atoms with van der Waals surface area (Å²) in [4.78, 5) is 14.5. The lowest BCUT2D eigenvalue weighted by Crippen LogP contribution is -2.27. The molecule has 0 saturated carbocycles. The molecular formula is C20H19NO3S2. The van der Waals surface area contributed by atoms with Gasteiger partial charge in [-0.15, -0.1) is 0 Å². The van der Waals surface area contributed by atoms with E-state index in [0.29, 0.717) is 29.0 Å². The van der Waals surface area contributed by atoms with Crippen LogP contribution in [-0.2, 0) is 4.79 Å². The first kappa shape index (κ1) is 18.5. The first-order valence-corrected chi connectivity index (χ1v) is 9.56. The number of thioether (sulfide) groups is 1. The molecule has 0 aromatic heterocycles. The molecule has 3 rings (SSSR count). The number of ether oxygens (including phenoxy) is 2. The van der Waals surface area contributed by atoms with E-state index in [1.165, 1.54) is 11.8 Å². The molecule has 1 amide bonds. The van der Waals surface area contributed by atoms with Gasteiger partial charge < -0.3 is 9.47 Å². The van der Waals surface area contributed by atoms with E-state index in [0.717, 1.165) is 17.1 Å². The van der Waals surface area contributed by atoms with Gasteiger partial charge in [0.15, 0.2) is 0 Å². The molecule has 1 aliphatic heterocycles. The van der Waals surface area contributed by atoms with Crippen molar-refractivity contribution in [3.8, 4) is 11.5 Å². The maximum absolute atomic E-state index is 12.3. The second-order valence-corrected chi connectivity index (χ2v) is 7.18. The lowest BCUT2D eigenvalue weighted by atomic mass is 10.2. The van der Waals surface area contributed by atoms with Crippen molar-refractivity contribution in [3.63, 3.8) is 0 Å². The number of amides is 1. The summed E-state index contributed by atoms with van der Waals surface area (Å²) >= 11 is 6.57. The number of hydrogen-bond acceptors (Lipinski definition) is 5. The summed E-state index contributed by atoms with van der Waals surface area (Å²) in [5, 5.41) is 0. The van der Waals surface area contributed by atoms with Gasteiger partial charge in [0.2, 0.25) is 0 Å². The number of carbonyl (C=O) groups excluding carboxylic acids is 1. The van der Waals surface area contributed by atoms with E-state index in [-0.39, 0.29) is 5.91 Å². The van der Waals surface area contributed by atoms with Gasteiger partial charge >= 0.3 is 0 Å². The van der Waals surface area contributed by atoms with Gasteiger partial charge in [-0.25, -0.2) is 0 Å². The van der Waals surface area contributed by atoms with E-state index in [1.807, 2.05) is 67.6 Å². The predicted octanol–water partition coefficient (Wildman–Crippen LogP) is 4.37. The second kappa shape index (κ2) is 8.87. The Bertz CT molecular complexity index is 821. The van der Waals surface area contributed by atoms with Crippen LogP contribution in [0.1, 0.15) is 12.5 Å². The van der Waals surface area contributed by atoms with Crippen LogP contribution < -0.4 is 9.47 Å². The van der Waals surface area contributed by atoms with E-state index >= 15 is 0 Å². The van der Waals surface area contributed by atoms with Crippen LogP contribution in [0.25, 0.3) is 6.08 Å². The summed E-state index contributed by atoms with van der Waals surface area (Å²) in [5.74, 6) is 1.52. The van der Waals surface area contributed by atoms with Gasteiger partial charge in [0, 0.05) is 6.54 Å². The van der Waals surface area contributed by atoms with Crippen molar-refractivity contribution in [2.24, 2.45) is 0 Å². The molecule has 1 fully saturated rings. The normalized spacial score (nSPS) is 15.6. The number of likely N-dealkylation sites (N-methyl/N-ethyl adjacent to an activating group) is 1. The quantitative estimate of drug-likeness (QED) is 0.402. The first-order chi connectivity index (χ1) is 12.7. The summed E-state index contributed by atoms with van der Waals surface area (Å²) in [6.07, 6.45) is 1.85. The molecule has 0 atom stereocenters. The number of thiocarbonyl (C=S) groups is 1. The molecule has 0 radical (unpaired) electrons. The van der Waals surface area contributed by atoms with Crippen molar-refractivity contribution >= 4 is 40.3 Å². The van der Waals surface area contributed by atoms with Crippen molar-refractivity contribution in [2.45, 2.75) is 6.92 Å². The van der Waals surface area contributed by atoms with Crippen LogP contribution in [0, 0.1) is 0 Å². The number of nitrogens with zero attached hydrogens (tertiary/aromatic N) is 1. The number of rotatable bonds is 7. The highest BCUT2D eigenvalue weighted by molar-refractivity contribution is 8.26. The van der Waals surface area contributed by atoms with E-state index in [1.54, 1.807) is 4.90 Å². The van der Waals surface area contributed by atoms with Gasteiger partial charge in [-0.3, -0.25) is 9.69 Å². The minimum absolute atomic E-state index is 0.0370. The molecule has 4 nitrogen and oxygen atoms in total. The Balaban J connectivity index is 1.57. The van der Waals surface area contributed by atoms with Crippen molar-refractivity contribution < 1.29 is 14.3 Å². The Kier molecular flexibility index (Phi) is 6.30. The molecule has 134 valence electrons. The maximum atomic E-state index is 12.3. The van der Waals surface area contributed by atoms with E-state index in [9.17, 15) is 4.79 Å². The molecule has 6 heteroatoms. The molecule has 26 heavy (non-hydrogen) atoms. The molecule has 1 aliphatic rings. The smallest absolute Gasteiger partial charge is 0.266 e. The fourth-order valence-corrected chi connectivity index (χ4v) is 3.84. The van der Waals surface area contributed by atoms with Crippen LogP contribution in [0.5, 0.6) is 11.5 Å². The predicted molar refractivity (Wildman–Crippen MR) is 109 cm³/mol. The highest BCUT2D eigenvalue weighted by Gasteiger charge is 2.30. The van der Waals surface area contributed by atoms with E-state index < -0.39 is 0 Å². The molecule has 0 bridgehead atoms. The molecule has 2 aromatic rings. The monoisotopic (exact) mass is 385 g/mol. The topological polar surface area (TPSA) is 38.8 Å². The molecule has 0 aliphatic carbocycles. The minimum atomic E-state index is -0.0370. The van der Waals surface area contributed by atoms with E-state index in [4.69, 9.17) is 21.7 Å². The molecule has 0 N–H and O–H groups in total. The van der Waals surface area contributed by atoms with Crippen molar-refractivity contribution in [1.29, 1.82) is 0 Å². The third-order valence-electron chi connectivity index (χ3n) is 3.71. The van der Waals surface area contributed by atoms with Gasteiger partial charge in [0.1, 0.15) is 29.0 Å². The standard InChI is InChI=1S/C20H19NO3S2/c1-2-21-19(22)18(26-20(21)25)14-15-7-6-10-17(13-15)24-12-11-23-16-8-4-3-5-9-16/h3-10,13-14H,2,11-12H2,1H3. The van der Waals surface area contributed by atoms with Crippen LogP contribution in [0.4, 0.5) is 0 Å². The molecule has 1 heterocycles. The third-order valence-corrected chi connectivity index (χ3v) is 5.09. The zero-order chi connectivity index (χ0) is 18.4. The highest BCUT2D eigenvalue weighted by atomic mass is 32.2. The maximum Gasteiger partial charge on any atom is 0.266 e. The lowest BCUT2D eigenvalue weighted by Gasteiger charge is -2.10. The molecule has 2 aromatic carbocycles. The average Bonchev–Trinajstić information content (AvgIpc) is 2.93. The highest BCUT2D eigenvalue weighted by Crippen LogP contribution is 2.32. The average molecular weight is 386 g/mol. The summed E-state index contributed by atoms with van der Waals surface area (Å²) < 4.78 is 12.0. The van der Waals surface area contributed by atoms with Crippen molar-refractivity contribution in [1.82, 2.24) is 4.90 Å². The zero-order valence-electron chi connectivity index (χ0n) is 14.4. The summed E-state index contributed by atoms with van der Waals surface area (Å²) in [7, 11) is 0. The summed E-state index contributed by atoms with van der Waals surface area (Å²) in [6.45, 7) is 3.41. The molecule has 1 saturated heterocycles. The van der Waals surface area contributed by atoms with Crippen molar-refractivity contribution in [3.05, 3.63) is 65.1 Å². The largest absolute Gasteiger partial charge is 0.490 e. The summed E-state index contributed by atoms with van der Waals surface area (Å²) in [6, 6.07) is 17.3. The van der Waals surface area contributed by atoms with Gasteiger partial charge in [-0.1, -0.05) is 54.3 Å².